The zero-order chi connectivity index (χ0) is 12.5. The van der Waals surface area contributed by atoms with E-state index in [4.69, 9.17) is 0 Å². The van der Waals surface area contributed by atoms with Gasteiger partial charge in [-0.2, -0.15) is 5.26 Å². The van der Waals surface area contributed by atoms with E-state index < -0.39 is 0 Å². The molecule has 1 aromatic heterocycles. The molecule has 4 heteroatoms. The molecule has 2 atom stereocenters. The van der Waals surface area contributed by atoms with Crippen LogP contribution in [0.15, 0.2) is 12.4 Å². The van der Waals surface area contributed by atoms with Gasteiger partial charge < -0.3 is 4.57 Å². The molecule has 0 radical (unpaired) electrons. The van der Waals surface area contributed by atoms with Gasteiger partial charge in [0, 0.05) is 24.5 Å². The van der Waals surface area contributed by atoms with Crippen LogP contribution < -0.4 is 5.32 Å². The second kappa shape index (κ2) is 4.50. The van der Waals surface area contributed by atoms with Gasteiger partial charge in [-0.25, -0.2) is 4.98 Å². The van der Waals surface area contributed by atoms with E-state index in [-0.39, 0.29) is 5.54 Å². The van der Waals surface area contributed by atoms with Crippen molar-refractivity contribution in [3.05, 3.63) is 18.2 Å². The predicted octanol–water partition coefficient (Wildman–Crippen LogP) is 2.18. The molecule has 0 aliphatic heterocycles. The second-order valence-electron chi connectivity index (χ2n) is 5.27. The Morgan fingerprint density at radius 2 is 2.41 bits per heavy atom. The standard InChI is InChI=1S/C13H20N4/c1-10(2)16-13(9-14)5-4-12(8-13)17-7-6-15-11(17)3/h6-7,10,12,16H,4-5,8H2,1-3H3. The number of aromatic nitrogens is 2. The highest BCUT2D eigenvalue weighted by atomic mass is 15.1. The summed E-state index contributed by atoms with van der Waals surface area (Å²) in [7, 11) is 0. The van der Waals surface area contributed by atoms with Crippen molar-refractivity contribution in [3.63, 3.8) is 0 Å². The van der Waals surface area contributed by atoms with Gasteiger partial charge in [0.05, 0.1) is 6.07 Å². The Morgan fingerprint density at radius 3 is 2.94 bits per heavy atom. The number of rotatable bonds is 3. The first kappa shape index (κ1) is 12.1. The first-order valence-corrected chi connectivity index (χ1v) is 6.25. The molecule has 17 heavy (non-hydrogen) atoms. The van der Waals surface area contributed by atoms with Crippen LogP contribution in [0.4, 0.5) is 0 Å². The summed E-state index contributed by atoms with van der Waals surface area (Å²) in [6.07, 6.45) is 6.69. The molecule has 92 valence electrons. The average Bonchev–Trinajstić information content (AvgIpc) is 2.84. The summed E-state index contributed by atoms with van der Waals surface area (Å²) in [6.45, 7) is 6.20. The fourth-order valence-corrected chi connectivity index (χ4v) is 2.85. The first-order chi connectivity index (χ1) is 8.06. The predicted molar refractivity (Wildman–Crippen MR) is 66.5 cm³/mol. The summed E-state index contributed by atoms with van der Waals surface area (Å²) >= 11 is 0. The summed E-state index contributed by atoms with van der Waals surface area (Å²) in [5, 5.41) is 12.8. The van der Waals surface area contributed by atoms with Gasteiger partial charge in [0.2, 0.25) is 0 Å². The average molecular weight is 232 g/mol. The van der Waals surface area contributed by atoms with E-state index >= 15 is 0 Å². The van der Waals surface area contributed by atoms with Crippen molar-refractivity contribution in [2.75, 3.05) is 0 Å². The normalized spacial score (nSPS) is 28.5. The minimum absolute atomic E-state index is 0.345. The minimum Gasteiger partial charge on any atom is -0.332 e. The summed E-state index contributed by atoms with van der Waals surface area (Å²) in [6, 6.07) is 3.23. The summed E-state index contributed by atoms with van der Waals surface area (Å²) < 4.78 is 2.20. The molecule has 0 saturated heterocycles. The van der Waals surface area contributed by atoms with Crippen LogP contribution in [0.1, 0.15) is 45.0 Å². The molecule has 1 aliphatic carbocycles. The van der Waals surface area contributed by atoms with Gasteiger partial charge in [-0.15, -0.1) is 0 Å². The Balaban J connectivity index is 2.13. The van der Waals surface area contributed by atoms with E-state index in [0.717, 1.165) is 25.1 Å². The van der Waals surface area contributed by atoms with E-state index in [9.17, 15) is 5.26 Å². The monoisotopic (exact) mass is 232 g/mol. The van der Waals surface area contributed by atoms with E-state index in [1.54, 1.807) is 0 Å². The maximum atomic E-state index is 9.41. The highest BCUT2D eigenvalue weighted by Gasteiger charge is 2.40. The third kappa shape index (κ3) is 2.34. The van der Waals surface area contributed by atoms with Crippen molar-refractivity contribution in [1.29, 1.82) is 5.26 Å². The van der Waals surface area contributed by atoms with E-state index in [0.29, 0.717) is 12.1 Å². The number of hydrogen-bond acceptors (Lipinski definition) is 3. The van der Waals surface area contributed by atoms with E-state index in [2.05, 4.69) is 34.8 Å². The first-order valence-electron chi connectivity index (χ1n) is 6.25. The van der Waals surface area contributed by atoms with Gasteiger partial charge >= 0.3 is 0 Å². The van der Waals surface area contributed by atoms with Crippen molar-refractivity contribution in [1.82, 2.24) is 14.9 Å². The Bertz CT molecular complexity index is 429. The maximum absolute atomic E-state index is 9.41. The van der Waals surface area contributed by atoms with Gasteiger partial charge in [-0.1, -0.05) is 0 Å². The zero-order valence-corrected chi connectivity index (χ0v) is 10.8. The van der Waals surface area contributed by atoms with Gasteiger partial charge in [0.15, 0.2) is 0 Å². The fraction of sp³-hybridized carbons (Fsp3) is 0.692. The van der Waals surface area contributed by atoms with E-state index in [1.165, 1.54) is 0 Å². The number of nitrogens with zero attached hydrogens (tertiary/aromatic N) is 3. The van der Waals surface area contributed by atoms with Crippen molar-refractivity contribution >= 4 is 0 Å². The molecule has 1 aromatic rings. The van der Waals surface area contributed by atoms with Gasteiger partial charge in [-0.05, 0) is 40.0 Å². The van der Waals surface area contributed by atoms with Crippen LogP contribution in [-0.2, 0) is 0 Å². The highest BCUT2D eigenvalue weighted by Crippen LogP contribution is 2.38. The van der Waals surface area contributed by atoms with E-state index in [1.807, 2.05) is 19.3 Å². The SMILES string of the molecule is Cc1nccn1C1CCC(C#N)(NC(C)C)C1. The highest BCUT2D eigenvalue weighted by molar-refractivity contribution is 5.14. The second-order valence-corrected chi connectivity index (χ2v) is 5.27. The van der Waals surface area contributed by atoms with Crippen LogP contribution >= 0.6 is 0 Å². The summed E-state index contributed by atoms with van der Waals surface area (Å²) in [5.41, 5.74) is -0.352. The summed E-state index contributed by atoms with van der Waals surface area (Å²) in [5.74, 6) is 1.04. The molecule has 2 unspecified atom stereocenters. The van der Waals surface area contributed by atoms with Gasteiger partial charge in [-0.3, -0.25) is 5.32 Å². The molecule has 0 amide bonds. The van der Waals surface area contributed by atoms with Crippen molar-refractivity contribution in [2.45, 2.75) is 57.7 Å². The Hall–Kier alpha value is -1.34. The third-order valence-corrected chi connectivity index (χ3v) is 3.52. The zero-order valence-electron chi connectivity index (χ0n) is 10.8. The molecule has 1 aliphatic rings. The fourth-order valence-electron chi connectivity index (χ4n) is 2.85. The Labute approximate surface area is 103 Å². The number of hydrogen-bond donors (Lipinski definition) is 1. The number of nitrogens with one attached hydrogen (secondary N) is 1. The van der Waals surface area contributed by atoms with Gasteiger partial charge in [0.1, 0.15) is 11.4 Å². The molecule has 2 rings (SSSR count). The molecule has 0 bridgehead atoms. The molecule has 0 spiro atoms. The van der Waals surface area contributed by atoms with Gasteiger partial charge in [0.25, 0.3) is 0 Å². The van der Waals surface area contributed by atoms with Crippen LogP contribution in [0.5, 0.6) is 0 Å². The Kier molecular flexibility index (Phi) is 3.21. The molecule has 4 nitrogen and oxygen atoms in total. The Morgan fingerprint density at radius 1 is 1.65 bits per heavy atom. The molecular weight excluding hydrogens is 212 g/mol. The molecule has 1 heterocycles. The summed E-state index contributed by atoms with van der Waals surface area (Å²) in [4.78, 5) is 4.26. The quantitative estimate of drug-likeness (QED) is 0.869. The molecule has 0 aromatic carbocycles. The van der Waals surface area contributed by atoms with Crippen molar-refractivity contribution in [3.8, 4) is 6.07 Å². The lowest BCUT2D eigenvalue weighted by molar-refractivity contribution is 0.367. The van der Waals surface area contributed by atoms with Crippen LogP contribution in [-0.4, -0.2) is 21.1 Å². The lowest BCUT2D eigenvalue weighted by Crippen LogP contribution is -2.45. The van der Waals surface area contributed by atoms with Crippen LogP contribution in [0.3, 0.4) is 0 Å². The lowest BCUT2D eigenvalue weighted by Gasteiger charge is -2.25. The molecular formula is C13H20N4. The van der Waals surface area contributed by atoms with Crippen LogP contribution in [0.25, 0.3) is 0 Å². The number of aryl methyl sites for hydroxylation is 1. The molecule has 1 N–H and O–H groups in total. The van der Waals surface area contributed by atoms with Crippen LogP contribution in [0, 0.1) is 18.3 Å². The lowest BCUT2D eigenvalue weighted by atomic mass is 9.98. The topological polar surface area (TPSA) is 53.6 Å². The van der Waals surface area contributed by atoms with Crippen LogP contribution in [0.2, 0.25) is 0 Å². The number of nitriles is 1. The number of imidazole rings is 1. The maximum Gasteiger partial charge on any atom is 0.109 e. The largest absolute Gasteiger partial charge is 0.332 e. The molecule has 1 fully saturated rings. The smallest absolute Gasteiger partial charge is 0.109 e. The van der Waals surface area contributed by atoms with Crippen molar-refractivity contribution in [2.24, 2.45) is 0 Å². The van der Waals surface area contributed by atoms with Crippen molar-refractivity contribution < 1.29 is 0 Å². The molecule has 1 saturated carbocycles. The minimum atomic E-state index is -0.352. The third-order valence-electron chi connectivity index (χ3n) is 3.52.